The molecule has 5 nitrogen and oxygen atoms in total. The number of phenolic OH excluding ortho intramolecular Hbond substituents is 2. The maximum Gasteiger partial charge on any atom is 0.176 e. The third kappa shape index (κ3) is 4.51. The maximum atomic E-state index is 12.2. The molecule has 112 valence electrons. The van der Waals surface area contributed by atoms with Crippen LogP contribution in [0.1, 0.15) is 24.2 Å². The van der Waals surface area contributed by atoms with Crippen molar-refractivity contribution in [2.24, 2.45) is 0 Å². The Morgan fingerprint density at radius 2 is 1.90 bits per heavy atom. The fraction of sp³-hybridized carbons (Fsp3) is 0.533. The van der Waals surface area contributed by atoms with E-state index in [0.29, 0.717) is 12.1 Å². The zero-order chi connectivity index (χ0) is 15.3. The molecule has 0 spiro atoms. The van der Waals surface area contributed by atoms with Gasteiger partial charge >= 0.3 is 0 Å². The van der Waals surface area contributed by atoms with E-state index in [-0.39, 0.29) is 23.3 Å². The Morgan fingerprint density at radius 1 is 1.25 bits per heavy atom. The van der Waals surface area contributed by atoms with Crippen LogP contribution in [-0.4, -0.2) is 65.6 Å². The van der Waals surface area contributed by atoms with Crippen molar-refractivity contribution in [2.75, 3.05) is 33.7 Å². The van der Waals surface area contributed by atoms with Crippen LogP contribution in [0, 0.1) is 0 Å². The number of likely N-dealkylation sites (N-methyl/N-ethyl adjacent to an activating group) is 2. The molecule has 20 heavy (non-hydrogen) atoms. The van der Waals surface area contributed by atoms with Gasteiger partial charge in [0.05, 0.1) is 6.54 Å². The Labute approximate surface area is 120 Å². The van der Waals surface area contributed by atoms with Crippen molar-refractivity contribution in [1.82, 2.24) is 9.80 Å². The Kier molecular flexibility index (Phi) is 5.98. The van der Waals surface area contributed by atoms with E-state index in [2.05, 4.69) is 16.7 Å². The summed E-state index contributed by atoms with van der Waals surface area (Å²) in [5.74, 6) is -0.539. The molecule has 0 aliphatic rings. The molecule has 0 saturated carbocycles. The number of phenols is 2. The summed E-state index contributed by atoms with van der Waals surface area (Å²) in [7, 11) is 4.01. The predicted molar refractivity (Wildman–Crippen MR) is 79.4 cm³/mol. The number of benzene rings is 1. The van der Waals surface area contributed by atoms with E-state index >= 15 is 0 Å². The molecule has 0 aromatic heterocycles. The number of rotatable bonds is 7. The van der Waals surface area contributed by atoms with Gasteiger partial charge in [0.25, 0.3) is 0 Å². The highest BCUT2D eigenvalue weighted by Gasteiger charge is 2.18. The normalized spacial score (nSPS) is 12.9. The molecule has 0 heterocycles. The van der Waals surface area contributed by atoms with Gasteiger partial charge in [-0.2, -0.15) is 0 Å². The van der Waals surface area contributed by atoms with Crippen molar-refractivity contribution < 1.29 is 15.0 Å². The first-order valence-corrected chi connectivity index (χ1v) is 6.79. The number of Topliss-reactive ketones (excluding diaryl/α,β-unsaturated/α-hetero) is 1. The number of hydrogen-bond acceptors (Lipinski definition) is 5. The van der Waals surface area contributed by atoms with E-state index in [9.17, 15) is 15.0 Å². The van der Waals surface area contributed by atoms with Gasteiger partial charge in [-0.25, -0.2) is 0 Å². The van der Waals surface area contributed by atoms with E-state index < -0.39 is 0 Å². The molecule has 1 unspecified atom stereocenters. The van der Waals surface area contributed by atoms with Crippen molar-refractivity contribution in [3.05, 3.63) is 23.8 Å². The number of aromatic hydroxyl groups is 2. The molecule has 5 heteroatoms. The molecule has 0 radical (unpaired) electrons. The number of carbonyl (C=O) groups excluding carboxylic acids is 1. The number of hydrogen-bond donors (Lipinski definition) is 2. The summed E-state index contributed by atoms with van der Waals surface area (Å²) in [4.78, 5) is 16.4. The van der Waals surface area contributed by atoms with Gasteiger partial charge in [-0.15, -0.1) is 0 Å². The first-order valence-electron chi connectivity index (χ1n) is 6.79. The highest BCUT2D eigenvalue weighted by molar-refractivity contribution is 5.98. The van der Waals surface area contributed by atoms with Crippen LogP contribution in [0.4, 0.5) is 0 Å². The lowest BCUT2D eigenvalue weighted by Gasteiger charge is -2.29. The average Bonchev–Trinajstić information content (AvgIpc) is 2.37. The van der Waals surface area contributed by atoms with E-state index in [1.54, 1.807) is 0 Å². The van der Waals surface area contributed by atoms with Crippen LogP contribution in [-0.2, 0) is 0 Å². The SMILES string of the molecule is CCN(CC(=O)c1ccc(O)c(O)c1)C(C)CN(C)C. The molecule has 1 rings (SSSR count). The summed E-state index contributed by atoms with van der Waals surface area (Å²) in [6.45, 7) is 6.07. The Hall–Kier alpha value is -1.59. The van der Waals surface area contributed by atoms with Gasteiger partial charge in [-0.05, 0) is 45.8 Å². The molecular formula is C15H24N2O3. The fourth-order valence-corrected chi connectivity index (χ4v) is 2.20. The van der Waals surface area contributed by atoms with Crippen molar-refractivity contribution in [1.29, 1.82) is 0 Å². The predicted octanol–water partition coefficient (Wildman–Crippen LogP) is 1.55. The minimum absolute atomic E-state index is 0.0623. The van der Waals surface area contributed by atoms with E-state index in [0.717, 1.165) is 13.1 Å². The first-order chi connectivity index (χ1) is 9.35. The lowest BCUT2D eigenvalue weighted by molar-refractivity contribution is 0.0888. The monoisotopic (exact) mass is 280 g/mol. The Morgan fingerprint density at radius 3 is 2.40 bits per heavy atom. The van der Waals surface area contributed by atoms with Crippen LogP contribution in [0.3, 0.4) is 0 Å². The molecule has 0 aliphatic carbocycles. The van der Waals surface area contributed by atoms with Gasteiger partial charge < -0.3 is 15.1 Å². The van der Waals surface area contributed by atoms with Crippen LogP contribution in [0.5, 0.6) is 11.5 Å². The lowest BCUT2D eigenvalue weighted by atomic mass is 10.1. The minimum atomic E-state index is -0.264. The molecule has 0 bridgehead atoms. The summed E-state index contributed by atoms with van der Waals surface area (Å²) in [6, 6.07) is 4.44. The molecule has 0 amide bonds. The number of carbonyl (C=O) groups is 1. The van der Waals surface area contributed by atoms with Crippen molar-refractivity contribution in [3.8, 4) is 11.5 Å². The van der Waals surface area contributed by atoms with Gasteiger partial charge in [0.15, 0.2) is 17.3 Å². The van der Waals surface area contributed by atoms with Gasteiger partial charge in [0.2, 0.25) is 0 Å². The fourth-order valence-electron chi connectivity index (χ4n) is 2.20. The molecule has 1 atom stereocenters. The van der Waals surface area contributed by atoms with Crippen LogP contribution in [0.25, 0.3) is 0 Å². The standard InChI is InChI=1S/C15H24N2O3/c1-5-17(11(2)9-16(3)4)10-15(20)12-6-7-13(18)14(19)8-12/h6-8,11,18-19H,5,9-10H2,1-4H3. The molecule has 0 fully saturated rings. The van der Waals surface area contributed by atoms with Crippen LogP contribution in [0.2, 0.25) is 0 Å². The van der Waals surface area contributed by atoms with Crippen molar-refractivity contribution >= 4 is 5.78 Å². The highest BCUT2D eigenvalue weighted by atomic mass is 16.3. The molecule has 0 saturated heterocycles. The molecular weight excluding hydrogens is 256 g/mol. The second-order valence-corrected chi connectivity index (χ2v) is 5.30. The quantitative estimate of drug-likeness (QED) is 0.586. The minimum Gasteiger partial charge on any atom is -0.504 e. The summed E-state index contributed by atoms with van der Waals surface area (Å²) >= 11 is 0. The second kappa shape index (κ2) is 7.26. The number of nitrogens with zero attached hydrogens (tertiary/aromatic N) is 2. The lowest BCUT2D eigenvalue weighted by Crippen LogP contribution is -2.42. The molecule has 1 aromatic carbocycles. The summed E-state index contributed by atoms with van der Waals surface area (Å²) in [5.41, 5.74) is 0.413. The van der Waals surface area contributed by atoms with Gasteiger partial charge in [0.1, 0.15) is 0 Å². The van der Waals surface area contributed by atoms with Gasteiger partial charge in [-0.1, -0.05) is 6.92 Å². The van der Waals surface area contributed by atoms with Gasteiger partial charge in [0, 0.05) is 18.2 Å². The smallest absolute Gasteiger partial charge is 0.176 e. The summed E-state index contributed by atoms with van der Waals surface area (Å²) < 4.78 is 0. The van der Waals surface area contributed by atoms with Crippen LogP contribution in [0.15, 0.2) is 18.2 Å². The number of ketones is 1. The topological polar surface area (TPSA) is 64.0 Å². The van der Waals surface area contributed by atoms with Gasteiger partial charge in [-0.3, -0.25) is 9.69 Å². The van der Waals surface area contributed by atoms with Crippen LogP contribution >= 0.6 is 0 Å². The zero-order valence-electron chi connectivity index (χ0n) is 12.6. The van der Waals surface area contributed by atoms with Crippen LogP contribution < -0.4 is 0 Å². The third-order valence-corrected chi connectivity index (χ3v) is 3.30. The third-order valence-electron chi connectivity index (χ3n) is 3.30. The molecule has 2 N–H and O–H groups in total. The second-order valence-electron chi connectivity index (χ2n) is 5.30. The van der Waals surface area contributed by atoms with E-state index in [1.807, 2.05) is 21.0 Å². The Balaban J connectivity index is 2.74. The molecule has 0 aliphatic heterocycles. The van der Waals surface area contributed by atoms with E-state index in [4.69, 9.17) is 0 Å². The van der Waals surface area contributed by atoms with E-state index in [1.165, 1.54) is 18.2 Å². The average molecular weight is 280 g/mol. The maximum absolute atomic E-state index is 12.2. The first kappa shape index (κ1) is 16.5. The summed E-state index contributed by atoms with van der Waals surface area (Å²) in [6.07, 6.45) is 0. The summed E-state index contributed by atoms with van der Waals surface area (Å²) in [5, 5.41) is 18.7. The largest absolute Gasteiger partial charge is 0.504 e. The zero-order valence-corrected chi connectivity index (χ0v) is 12.6. The molecule has 1 aromatic rings. The van der Waals surface area contributed by atoms with Crippen molar-refractivity contribution in [3.63, 3.8) is 0 Å². The Bertz CT molecular complexity index is 460. The van der Waals surface area contributed by atoms with Crippen molar-refractivity contribution in [2.45, 2.75) is 19.9 Å². The highest BCUT2D eigenvalue weighted by Crippen LogP contribution is 2.25.